The van der Waals surface area contributed by atoms with E-state index < -0.39 is 0 Å². The molecule has 0 amide bonds. The zero-order valence-electron chi connectivity index (χ0n) is 10.4. The highest BCUT2D eigenvalue weighted by atomic mass is 16.5. The molecule has 0 spiro atoms. The lowest BCUT2D eigenvalue weighted by atomic mass is 9.82. The summed E-state index contributed by atoms with van der Waals surface area (Å²) in [6.07, 6.45) is 1.55. The van der Waals surface area contributed by atoms with Crippen molar-refractivity contribution in [1.29, 1.82) is 0 Å². The van der Waals surface area contributed by atoms with Crippen molar-refractivity contribution in [1.82, 2.24) is 0 Å². The quantitative estimate of drug-likeness (QED) is 0.576. The standard InChI is InChI=1S/C14H19BO2/c1-11(8-9-14(15)12(2)16)17-10-13-6-4-3-5-7-13/h3-7,14,16H,1-2,8-10,15H2/t14-/m0/s1. The molecule has 0 aliphatic rings. The van der Waals surface area contributed by atoms with Crippen molar-refractivity contribution in [2.24, 2.45) is 0 Å². The van der Waals surface area contributed by atoms with Gasteiger partial charge >= 0.3 is 0 Å². The molecule has 0 unspecified atom stereocenters. The first-order valence-corrected chi connectivity index (χ1v) is 5.82. The SMILES string of the molecule is B[C@@H](CCC(=C)OCc1ccccc1)C(=C)O. The van der Waals surface area contributed by atoms with E-state index in [2.05, 4.69) is 13.2 Å². The van der Waals surface area contributed by atoms with Crippen molar-refractivity contribution in [2.75, 3.05) is 0 Å². The second-order valence-corrected chi connectivity index (χ2v) is 4.24. The van der Waals surface area contributed by atoms with E-state index in [-0.39, 0.29) is 11.6 Å². The first-order valence-electron chi connectivity index (χ1n) is 5.82. The van der Waals surface area contributed by atoms with Gasteiger partial charge in [0.1, 0.15) is 14.5 Å². The van der Waals surface area contributed by atoms with Gasteiger partial charge in [-0.1, -0.05) is 43.5 Å². The van der Waals surface area contributed by atoms with Gasteiger partial charge in [-0.05, 0) is 17.8 Å². The van der Waals surface area contributed by atoms with Crippen LogP contribution in [0.5, 0.6) is 0 Å². The molecule has 0 aromatic heterocycles. The normalized spacial score (nSPS) is 11.8. The Bertz CT molecular complexity index is 373. The van der Waals surface area contributed by atoms with Crippen LogP contribution in [0.1, 0.15) is 18.4 Å². The maximum atomic E-state index is 9.18. The Kier molecular flexibility index (Phi) is 5.41. The second-order valence-electron chi connectivity index (χ2n) is 4.24. The van der Waals surface area contributed by atoms with Gasteiger partial charge in [-0.25, -0.2) is 0 Å². The van der Waals surface area contributed by atoms with Crippen LogP contribution in [0, 0.1) is 0 Å². The average molecular weight is 230 g/mol. The van der Waals surface area contributed by atoms with Crippen molar-refractivity contribution in [3.05, 3.63) is 60.6 Å². The first-order chi connectivity index (χ1) is 8.09. The van der Waals surface area contributed by atoms with Crippen LogP contribution in [0.25, 0.3) is 0 Å². The van der Waals surface area contributed by atoms with Gasteiger partial charge in [0, 0.05) is 6.42 Å². The molecule has 17 heavy (non-hydrogen) atoms. The monoisotopic (exact) mass is 230 g/mol. The van der Waals surface area contributed by atoms with Crippen LogP contribution in [0.15, 0.2) is 55.0 Å². The summed E-state index contributed by atoms with van der Waals surface area (Å²) in [4.78, 5) is 0. The zero-order chi connectivity index (χ0) is 12.7. The van der Waals surface area contributed by atoms with Crippen molar-refractivity contribution >= 4 is 7.85 Å². The highest BCUT2D eigenvalue weighted by Crippen LogP contribution is 2.19. The number of aliphatic hydroxyl groups is 1. The molecule has 0 bridgehead atoms. The molecule has 1 rings (SSSR count). The summed E-state index contributed by atoms with van der Waals surface area (Å²) in [6, 6.07) is 9.99. The van der Waals surface area contributed by atoms with Gasteiger partial charge in [-0.2, -0.15) is 0 Å². The second kappa shape index (κ2) is 6.84. The lowest BCUT2D eigenvalue weighted by Crippen LogP contribution is -1.98. The molecular formula is C14H19BO2. The Morgan fingerprint density at radius 3 is 2.53 bits per heavy atom. The van der Waals surface area contributed by atoms with Gasteiger partial charge in [0.25, 0.3) is 0 Å². The highest BCUT2D eigenvalue weighted by molar-refractivity contribution is 6.13. The van der Waals surface area contributed by atoms with Crippen molar-refractivity contribution in [3.63, 3.8) is 0 Å². The van der Waals surface area contributed by atoms with Crippen LogP contribution in [-0.2, 0) is 11.3 Å². The molecule has 1 atom stereocenters. The third kappa shape index (κ3) is 5.30. The smallest absolute Gasteiger partial charge is 0.115 e. The highest BCUT2D eigenvalue weighted by Gasteiger charge is 2.06. The summed E-state index contributed by atoms with van der Waals surface area (Å²) in [7, 11) is 1.94. The maximum Gasteiger partial charge on any atom is 0.115 e. The van der Waals surface area contributed by atoms with Crippen LogP contribution in [0.3, 0.4) is 0 Å². The number of ether oxygens (including phenoxy) is 1. The first kappa shape index (κ1) is 13.4. The van der Waals surface area contributed by atoms with Gasteiger partial charge in [-0.15, -0.1) is 0 Å². The molecule has 0 aliphatic heterocycles. The lowest BCUT2D eigenvalue weighted by Gasteiger charge is -2.12. The molecule has 0 heterocycles. The molecule has 0 radical (unpaired) electrons. The van der Waals surface area contributed by atoms with Gasteiger partial charge in [0.05, 0.1) is 11.5 Å². The minimum Gasteiger partial charge on any atom is -0.513 e. The van der Waals surface area contributed by atoms with E-state index in [1.165, 1.54) is 0 Å². The van der Waals surface area contributed by atoms with Crippen molar-refractivity contribution < 1.29 is 9.84 Å². The fourth-order valence-electron chi connectivity index (χ4n) is 1.38. The number of aliphatic hydroxyl groups excluding tert-OH is 1. The largest absolute Gasteiger partial charge is 0.513 e. The molecule has 1 aromatic rings. The molecular weight excluding hydrogens is 211 g/mol. The number of benzene rings is 1. The number of hydrogen-bond donors (Lipinski definition) is 1. The van der Waals surface area contributed by atoms with E-state index in [4.69, 9.17) is 4.74 Å². The van der Waals surface area contributed by atoms with Crippen molar-refractivity contribution in [2.45, 2.75) is 25.3 Å². The molecule has 1 N–H and O–H groups in total. The van der Waals surface area contributed by atoms with Gasteiger partial charge in [-0.3, -0.25) is 0 Å². The molecule has 2 nitrogen and oxygen atoms in total. The zero-order valence-corrected chi connectivity index (χ0v) is 10.4. The lowest BCUT2D eigenvalue weighted by molar-refractivity contribution is 0.188. The molecule has 0 aliphatic carbocycles. The molecule has 0 saturated carbocycles. The fourth-order valence-corrected chi connectivity index (χ4v) is 1.38. The summed E-state index contributed by atoms with van der Waals surface area (Å²) in [5, 5.41) is 9.18. The minimum absolute atomic E-state index is 0.0899. The minimum atomic E-state index is 0.0899. The maximum absolute atomic E-state index is 9.18. The Morgan fingerprint density at radius 2 is 1.94 bits per heavy atom. The summed E-state index contributed by atoms with van der Waals surface area (Å²) in [5.41, 5.74) is 1.13. The van der Waals surface area contributed by atoms with E-state index in [0.717, 1.165) is 24.2 Å². The topological polar surface area (TPSA) is 29.5 Å². The Morgan fingerprint density at radius 1 is 1.29 bits per heavy atom. The molecule has 3 heteroatoms. The van der Waals surface area contributed by atoms with E-state index in [1.54, 1.807) is 0 Å². The number of rotatable bonds is 7. The van der Waals surface area contributed by atoms with Crippen LogP contribution in [0.4, 0.5) is 0 Å². The Hall–Kier alpha value is -1.64. The summed E-state index contributed by atoms with van der Waals surface area (Å²) in [6.45, 7) is 7.93. The van der Waals surface area contributed by atoms with Gasteiger partial charge in [0.15, 0.2) is 0 Å². The summed E-state index contributed by atoms with van der Waals surface area (Å²) >= 11 is 0. The summed E-state index contributed by atoms with van der Waals surface area (Å²) in [5.74, 6) is 1.06. The third-order valence-electron chi connectivity index (χ3n) is 2.71. The molecule has 0 saturated heterocycles. The predicted octanol–water partition coefficient (Wildman–Crippen LogP) is 2.99. The van der Waals surface area contributed by atoms with E-state index in [9.17, 15) is 5.11 Å². The Balaban J connectivity index is 2.24. The van der Waals surface area contributed by atoms with Gasteiger partial charge in [0.2, 0.25) is 0 Å². The summed E-state index contributed by atoms with van der Waals surface area (Å²) < 4.78 is 5.55. The van der Waals surface area contributed by atoms with Crippen molar-refractivity contribution in [3.8, 4) is 0 Å². The fraction of sp³-hybridized carbons (Fsp3) is 0.286. The average Bonchev–Trinajstić information content (AvgIpc) is 2.34. The van der Waals surface area contributed by atoms with Crippen LogP contribution in [0.2, 0.25) is 5.82 Å². The van der Waals surface area contributed by atoms with Crippen LogP contribution >= 0.6 is 0 Å². The Labute approximate surface area is 104 Å². The van der Waals surface area contributed by atoms with E-state index >= 15 is 0 Å². The predicted molar refractivity (Wildman–Crippen MR) is 73.7 cm³/mol. The third-order valence-corrected chi connectivity index (χ3v) is 2.71. The van der Waals surface area contributed by atoms with E-state index in [1.807, 2.05) is 38.2 Å². The molecule has 1 aromatic carbocycles. The van der Waals surface area contributed by atoms with E-state index in [0.29, 0.717) is 6.61 Å². The number of allylic oxidation sites excluding steroid dienone is 2. The van der Waals surface area contributed by atoms with Crippen LogP contribution < -0.4 is 0 Å². The molecule has 0 fully saturated rings. The molecule has 90 valence electrons. The number of hydrogen-bond acceptors (Lipinski definition) is 2. The van der Waals surface area contributed by atoms with Gasteiger partial charge < -0.3 is 9.84 Å². The van der Waals surface area contributed by atoms with Crippen LogP contribution in [-0.4, -0.2) is 13.0 Å².